The Morgan fingerprint density at radius 3 is 2.54 bits per heavy atom. The molecule has 2 fully saturated rings. The molecule has 1 atom stereocenters. The van der Waals surface area contributed by atoms with E-state index in [1.54, 1.807) is 0 Å². The van der Waals surface area contributed by atoms with Crippen LogP contribution in [0.1, 0.15) is 25.7 Å². The van der Waals surface area contributed by atoms with Crippen LogP contribution in [0.4, 0.5) is 0 Å². The molecule has 0 saturated carbocycles. The molecule has 0 aromatic carbocycles. The van der Waals surface area contributed by atoms with E-state index in [1.165, 1.54) is 12.8 Å². The zero-order chi connectivity index (χ0) is 9.15. The smallest absolute Gasteiger partial charge is 0.121 e. The summed E-state index contributed by atoms with van der Waals surface area (Å²) in [6, 6.07) is 2.52. The molecule has 2 rings (SSSR count). The lowest BCUT2D eigenvalue weighted by Gasteiger charge is -2.39. The predicted molar refractivity (Wildman–Crippen MR) is 51.3 cm³/mol. The normalized spacial score (nSPS) is 35.9. The summed E-state index contributed by atoms with van der Waals surface area (Å²) in [6.45, 7) is 4.19. The molecule has 3 heteroatoms. The lowest BCUT2D eigenvalue weighted by Crippen LogP contribution is -2.55. The zero-order valence-electron chi connectivity index (χ0n) is 8.05. The first-order chi connectivity index (χ1) is 6.37. The Kier molecular flexibility index (Phi) is 2.52. The molecule has 2 saturated heterocycles. The molecule has 0 amide bonds. The van der Waals surface area contributed by atoms with Crippen molar-refractivity contribution in [2.45, 2.75) is 31.2 Å². The van der Waals surface area contributed by atoms with Gasteiger partial charge in [0.05, 0.1) is 6.07 Å². The minimum absolute atomic E-state index is 0.172. The number of nitriles is 1. The van der Waals surface area contributed by atoms with Crippen molar-refractivity contribution in [3.8, 4) is 6.07 Å². The fraction of sp³-hybridized carbons (Fsp3) is 0.900. The van der Waals surface area contributed by atoms with Crippen molar-refractivity contribution < 1.29 is 0 Å². The van der Waals surface area contributed by atoms with Crippen LogP contribution in [0.3, 0.4) is 0 Å². The van der Waals surface area contributed by atoms with Crippen LogP contribution in [0, 0.1) is 11.3 Å². The highest BCUT2D eigenvalue weighted by Gasteiger charge is 2.39. The maximum Gasteiger partial charge on any atom is 0.121 e. The van der Waals surface area contributed by atoms with Gasteiger partial charge < -0.3 is 5.32 Å². The molecule has 1 N–H and O–H groups in total. The fourth-order valence-electron chi connectivity index (χ4n) is 2.47. The van der Waals surface area contributed by atoms with E-state index in [1.807, 2.05) is 0 Å². The van der Waals surface area contributed by atoms with E-state index in [-0.39, 0.29) is 5.54 Å². The molecule has 72 valence electrons. The minimum atomic E-state index is -0.172. The number of piperidine rings is 1. The Morgan fingerprint density at radius 1 is 1.23 bits per heavy atom. The maximum atomic E-state index is 9.27. The van der Waals surface area contributed by atoms with Gasteiger partial charge in [0.15, 0.2) is 0 Å². The van der Waals surface area contributed by atoms with Crippen LogP contribution in [0.2, 0.25) is 0 Å². The molecule has 0 spiro atoms. The third kappa shape index (κ3) is 1.56. The molecule has 0 aliphatic carbocycles. The molecule has 0 aromatic rings. The predicted octanol–water partition coefficient (Wildman–Crippen LogP) is 0.728. The van der Waals surface area contributed by atoms with Crippen LogP contribution in [-0.4, -0.2) is 36.6 Å². The number of likely N-dealkylation sites (tertiary alicyclic amines) is 1. The number of hydrogen-bond acceptors (Lipinski definition) is 3. The highest BCUT2D eigenvalue weighted by molar-refractivity contribution is 5.12. The van der Waals surface area contributed by atoms with Crippen LogP contribution in [0.5, 0.6) is 0 Å². The molecule has 1 unspecified atom stereocenters. The van der Waals surface area contributed by atoms with Gasteiger partial charge in [-0.1, -0.05) is 0 Å². The summed E-state index contributed by atoms with van der Waals surface area (Å²) in [5, 5.41) is 12.6. The van der Waals surface area contributed by atoms with Gasteiger partial charge in [-0.05, 0) is 45.3 Å². The second-order valence-electron chi connectivity index (χ2n) is 4.12. The highest BCUT2D eigenvalue weighted by atomic mass is 15.2. The van der Waals surface area contributed by atoms with Crippen molar-refractivity contribution >= 4 is 0 Å². The first-order valence-corrected chi connectivity index (χ1v) is 5.24. The molecule has 2 aliphatic rings. The molecule has 0 bridgehead atoms. The van der Waals surface area contributed by atoms with Crippen molar-refractivity contribution in [3.63, 3.8) is 0 Å². The quantitative estimate of drug-likeness (QED) is 0.645. The van der Waals surface area contributed by atoms with Gasteiger partial charge in [0.25, 0.3) is 0 Å². The van der Waals surface area contributed by atoms with E-state index < -0.39 is 0 Å². The van der Waals surface area contributed by atoms with Crippen LogP contribution in [0.25, 0.3) is 0 Å². The first-order valence-electron chi connectivity index (χ1n) is 5.24. The Labute approximate surface area is 79.7 Å². The average Bonchev–Trinajstić information content (AvgIpc) is 2.72. The third-order valence-corrected chi connectivity index (χ3v) is 3.28. The molecular weight excluding hydrogens is 162 g/mol. The molecule has 0 aromatic heterocycles. The average molecular weight is 179 g/mol. The van der Waals surface area contributed by atoms with E-state index in [9.17, 15) is 5.26 Å². The van der Waals surface area contributed by atoms with Crippen molar-refractivity contribution in [2.75, 3.05) is 26.2 Å². The minimum Gasteiger partial charge on any atom is -0.314 e. The number of nitrogens with zero attached hydrogens (tertiary/aromatic N) is 2. The number of hydrogen-bond donors (Lipinski definition) is 1. The summed E-state index contributed by atoms with van der Waals surface area (Å²) in [4.78, 5) is 2.37. The molecular formula is C10H17N3. The summed E-state index contributed by atoms with van der Waals surface area (Å²) >= 11 is 0. The maximum absolute atomic E-state index is 9.27. The van der Waals surface area contributed by atoms with Gasteiger partial charge in [-0.15, -0.1) is 0 Å². The van der Waals surface area contributed by atoms with Crippen LogP contribution in [-0.2, 0) is 0 Å². The fourth-order valence-corrected chi connectivity index (χ4v) is 2.47. The van der Waals surface area contributed by atoms with Crippen LogP contribution < -0.4 is 5.32 Å². The van der Waals surface area contributed by atoms with Gasteiger partial charge in [0.2, 0.25) is 0 Å². The van der Waals surface area contributed by atoms with Gasteiger partial charge >= 0.3 is 0 Å². The second kappa shape index (κ2) is 3.65. The number of nitrogens with one attached hydrogen (secondary N) is 1. The van der Waals surface area contributed by atoms with Gasteiger partial charge in [0.1, 0.15) is 5.54 Å². The first kappa shape index (κ1) is 8.98. The van der Waals surface area contributed by atoms with Crippen molar-refractivity contribution in [1.29, 1.82) is 5.26 Å². The van der Waals surface area contributed by atoms with Crippen molar-refractivity contribution in [2.24, 2.45) is 0 Å². The summed E-state index contributed by atoms with van der Waals surface area (Å²) in [6.07, 6.45) is 4.73. The van der Waals surface area contributed by atoms with Crippen molar-refractivity contribution in [1.82, 2.24) is 10.2 Å². The van der Waals surface area contributed by atoms with E-state index in [0.717, 1.165) is 39.0 Å². The van der Waals surface area contributed by atoms with Gasteiger partial charge in [0, 0.05) is 6.54 Å². The Hall–Kier alpha value is -0.590. The largest absolute Gasteiger partial charge is 0.314 e. The van der Waals surface area contributed by atoms with Gasteiger partial charge in [-0.2, -0.15) is 5.26 Å². The Morgan fingerprint density at radius 2 is 2.00 bits per heavy atom. The standard InChI is InChI=1S/C10H17N3/c11-8-10(4-3-5-12-9-10)13-6-1-2-7-13/h12H,1-7,9H2. The van der Waals surface area contributed by atoms with E-state index in [2.05, 4.69) is 16.3 Å². The Bertz CT molecular complexity index is 207. The monoisotopic (exact) mass is 179 g/mol. The van der Waals surface area contributed by atoms with Crippen molar-refractivity contribution in [3.05, 3.63) is 0 Å². The van der Waals surface area contributed by atoms with E-state index in [0.29, 0.717) is 0 Å². The lowest BCUT2D eigenvalue weighted by atomic mass is 9.90. The van der Waals surface area contributed by atoms with Gasteiger partial charge in [-0.25, -0.2) is 0 Å². The molecule has 2 heterocycles. The SMILES string of the molecule is N#CC1(N2CCCC2)CCCNC1. The number of rotatable bonds is 1. The zero-order valence-corrected chi connectivity index (χ0v) is 8.05. The van der Waals surface area contributed by atoms with E-state index in [4.69, 9.17) is 0 Å². The van der Waals surface area contributed by atoms with E-state index >= 15 is 0 Å². The molecule has 13 heavy (non-hydrogen) atoms. The molecule has 0 radical (unpaired) electrons. The lowest BCUT2D eigenvalue weighted by molar-refractivity contribution is 0.138. The second-order valence-corrected chi connectivity index (χ2v) is 4.12. The molecule has 3 nitrogen and oxygen atoms in total. The topological polar surface area (TPSA) is 39.1 Å². The molecule has 2 aliphatic heterocycles. The van der Waals surface area contributed by atoms with Crippen LogP contribution >= 0.6 is 0 Å². The summed E-state index contributed by atoms with van der Waals surface area (Å²) in [7, 11) is 0. The van der Waals surface area contributed by atoms with Crippen LogP contribution in [0.15, 0.2) is 0 Å². The summed E-state index contributed by atoms with van der Waals surface area (Å²) < 4.78 is 0. The highest BCUT2D eigenvalue weighted by Crippen LogP contribution is 2.27. The Balaban J connectivity index is 2.08. The summed E-state index contributed by atoms with van der Waals surface area (Å²) in [5.41, 5.74) is -0.172. The summed E-state index contributed by atoms with van der Waals surface area (Å²) in [5.74, 6) is 0. The third-order valence-electron chi connectivity index (χ3n) is 3.28. The van der Waals surface area contributed by atoms with Gasteiger partial charge in [-0.3, -0.25) is 4.90 Å².